The highest BCUT2D eigenvalue weighted by Crippen LogP contribution is 2.26. The first-order valence-corrected chi connectivity index (χ1v) is 8.74. The SMILES string of the molecule is CC(C)c1cc(C(=O)N2CCCC(O)C2)c2cnn(C(C)C)c2n1. The highest BCUT2D eigenvalue weighted by Gasteiger charge is 2.26. The van der Waals surface area contributed by atoms with Crippen molar-refractivity contribution in [1.82, 2.24) is 19.7 Å². The lowest BCUT2D eigenvalue weighted by Gasteiger charge is -2.30. The maximum absolute atomic E-state index is 13.1. The van der Waals surface area contributed by atoms with Gasteiger partial charge in [0.05, 0.1) is 23.3 Å². The van der Waals surface area contributed by atoms with Crippen molar-refractivity contribution in [2.24, 2.45) is 0 Å². The van der Waals surface area contributed by atoms with Crippen LogP contribution in [0.25, 0.3) is 11.0 Å². The molecule has 6 nitrogen and oxygen atoms in total. The van der Waals surface area contributed by atoms with Crippen molar-refractivity contribution in [1.29, 1.82) is 0 Å². The summed E-state index contributed by atoms with van der Waals surface area (Å²) in [4.78, 5) is 19.6. The van der Waals surface area contributed by atoms with E-state index in [0.717, 1.165) is 29.6 Å². The lowest BCUT2D eigenvalue weighted by Crippen LogP contribution is -2.42. The van der Waals surface area contributed by atoms with Gasteiger partial charge >= 0.3 is 0 Å². The zero-order valence-electron chi connectivity index (χ0n) is 14.9. The number of aliphatic hydroxyl groups is 1. The fraction of sp³-hybridized carbons (Fsp3) is 0.611. The molecule has 3 rings (SSSR count). The van der Waals surface area contributed by atoms with Crippen molar-refractivity contribution in [2.45, 2.75) is 58.6 Å². The Labute approximate surface area is 142 Å². The number of β-amino-alcohol motifs (C(OH)–C–C–N with tert-alkyl or cyclic N) is 1. The molecule has 1 saturated heterocycles. The Balaban J connectivity index is 2.10. The van der Waals surface area contributed by atoms with E-state index in [1.165, 1.54) is 0 Å². The van der Waals surface area contributed by atoms with Crippen LogP contribution in [-0.4, -0.2) is 49.9 Å². The molecule has 1 unspecified atom stereocenters. The Morgan fingerprint density at radius 3 is 2.71 bits per heavy atom. The quantitative estimate of drug-likeness (QED) is 0.939. The van der Waals surface area contributed by atoms with Crippen LogP contribution in [0.5, 0.6) is 0 Å². The molecule has 1 atom stereocenters. The molecular formula is C18H26N4O2. The van der Waals surface area contributed by atoms with Gasteiger partial charge in [0, 0.05) is 24.8 Å². The van der Waals surface area contributed by atoms with Crippen LogP contribution in [0.2, 0.25) is 0 Å². The fourth-order valence-corrected chi connectivity index (χ4v) is 3.20. The third-order valence-electron chi connectivity index (χ3n) is 4.58. The van der Waals surface area contributed by atoms with E-state index in [0.29, 0.717) is 18.7 Å². The van der Waals surface area contributed by atoms with Gasteiger partial charge in [0.1, 0.15) is 0 Å². The zero-order chi connectivity index (χ0) is 17.4. The maximum atomic E-state index is 13.1. The number of fused-ring (bicyclic) bond motifs is 1. The monoisotopic (exact) mass is 330 g/mol. The second kappa shape index (κ2) is 6.51. The molecular weight excluding hydrogens is 304 g/mol. The fourth-order valence-electron chi connectivity index (χ4n) is 3.20. The molecule has 24 heavy (non-hydrogen) atoms. The Hall–Kier alpha value is -1.95. The Kier molecular flexibility index (Phi) is 4.58. The number of rotatable bonds is 3. The van der Waals surface area contributed by atoms with Crippen molar-refractivity contribution in [3.63, 3.8) is 0 Å². The van der Waals surface area contributed by atoms with Crippen LogP contribution >= 0.6 is 0 Å². The van der Waals surface area contributed by atoms with E-state index < -0.39 is 6.10 Å². The molecule has 0 aromatic carbocycles. The van der Waals surface area contributed by atoms with Crippen molar-refractivity contribution in [3.8, 4) is 0 Å². The molecule has 1 aliphatic heterocycles. The van der Waals surface area contributed by atoms with Gasteiger partial charge < -0.3 is 10.0 Å². The highest BCUT2D eigenvalue weighted by molar-refractivity contribution is 6.05. The summed E-state index contributed by atoms with van der Waals surface area (Å²) < 4.78 is 1.86. The van der Waals surface area contributed by atoms with Crippen LogP contribution in [0, 0.1) is 0 Å². The number of likely N-dealkylation sites (tertiary alicyclic amines) is 1. The van der Waals surface area contributed by atoms with Crippen molar-refractivity contribution >= 4 is 16.9 Å². The first-order chi connectivity index (χ1) is 11.4. The minimum Gasteiger partial charge on any atom is -0.391 e. The molecule has 0 aliphatic carbocycles. The standard InChI is InChI=1S/C18H26N4O2/c1-11(2)16-8-14(18(24)21-7-5-6-13(23)10-21)15-9-19-22(12(3)4)17(15)20-16/h8-9,11-13,23H,5-7,10H2,1-4H3. The van der Waals surface area contributed by atoms with Gasteiger partial charge in [-0.2, -0.15) is 5.10 Å². The molecule has 6 heteroatoms. The summed E-state index contributed by atoms with van der Waals surface area (Å²) in [5.41, 5.74) is 2.30. The molecule has 1 amide bonds. The van der Waals surface area contributed by atoms with Gasteiger partial charge in [0.2, 0.25) is 0 Å². The number of carbonyl (C=O) groups is 1. The number of hydrogen-bond acceptors (Lipinski definition) is 4. The van der Waals surface area contributed by atoms with Crippen LogP contribution < -0.4 is 0 Å². The van der Waals surface area contributed by atoms with E-state index in [9.17, 15) is 9.90 Å². The van der Waals surface area contributed by atoms with Crippen LogP contribution in [0.15, 0.2) is 12.3 Å². The molecule has 1 aliphatic rings. The summed E-state index contributed by atoms with van der Waals surface area (Å²) in [6.45, 7) is 9.34. The van der Waals surface area contributed by atoms with Gasteiger partial charge in [-0.1, -0.05) is 13.8 Å². The largest absolute Gasteiger partial charge is 0.391 e. The maximum Gasteiger partial charge on any atom is 0.254 e. The van der Waals surface area contributed by atoms with Gasteiger partial charge in [0.25, 0.3) is 5.91 Å². The Morgan fingerprint density at radius 2 is 2.08 bits per heavy atom. The van der Waals surface area contributed by atoms with Gasteiger partial charge in [-0.05, 0) is 38.7 Å². The molecule has 1 N–H and O–H groups in total. The van der Waals surface area contributed by atoms with Crippen LogP contribution in [0.4, 0.5) is 0 Å². The second-order valence-electron chi connectivity index (χ2n) is 7.22. The predicted octanol–water partition coefficient (Wildman–Crippen LogP) is 2.73. The number of pyridine rings is 1. The average Bonchev–Trinajstić information content (AvgIpc) is 2.97. The number of hydrogen-bond donors (Lipinski definition) is 1. The average molecular weight is 330 g/mol. The minimum absolute atomic E-state index is 0.0358. The van der Waals surface area contributed by atoms with Crippen molar-refractivity contribution in [2.75, 3.05) is 13.1 Å². The smallest absolute Gasteiger partial charge is 0.254 e. The molecule has 0 spiro atoms. The van der Waals surface area contributed by atoms with E-state index >= 15 is 0 Å². The molecule has 0 radical (unpaired) electrons. The van der Waals surface area contributed by atoms with Crippen LogP contribution in [0.1, 0.15) is 68.5 Å². The number of piperidine rings is 1. The van der Waals surface area contributed by atoms with E-state index in [1.807, 2.05) is 10.7 Å². The second-order valence-corrected chi connectivity index (χ2v) is 7.22. The lowest BCUT2D eigenvalue weighted by atomic mass is 10.0. The first-order valence-electron chi connectivity index (χ1n) is 8.74. The molecule has 0 saturated carbocycles. The van der Waals surface area contributed by atoms with Gasteiger partial charge in [-0.15, -0.1) is 0 Å². The number of aromatic nitrogens is 3. The summed E-state index contributed by atoms with van der Waals surface area (Å²) in [6.07, 6.45) is 2.91. The van der Waals surface area contributed by atoms with Crippen molar-refractivity contribution < 1.29 is 9.90 Å². The van der Waals surface area contributed by atoms with Gasteiger partial charge in [-0.25, -0.2) is 9.67 Å². The molecule has 2 aromatic heterocycles. The third kappa shape index (κ3) is 3.02. The topological polar surface area (TPSA) is 71.2 Å². The molecule has 0 bridgehead atoms. The molecule has 3 heterocycles. The van der Waals surface area contributed by atoms with E-state index in [-0.39, 0.29) is 17.9 Å². The van der Waals surface area contributed by atoms with Crippen LogP contribution in [0.3, 0.4) is 0 Å². The molecule has 2 aromatic rings. The highest BCUT2D eigenvalue weighted by atomic mass is 16.3. The molecule has 130 valence electrons. The first kappa shape index (κ1) is 16.9. The van der Waals surface area contributed by atoms with E-state index in [4.69, 9.17) is 4.98 Å². The minimum atomic E-state index is -0.428. The number of aliphatic hydroxyl groups excluding tert-OH is 1. The number of nitrogens with zero attached hydrogens (tertiary/aromatic N) is 4. The summed E-state index contributed by atoms with van der Waals surface area (Å²) in [7, 11) is 0. The predicted molar refractivity (Wildman–Crippen MR) is 93.1 cm³/mol. The van der Waals surface area contributed by atoms with E-state index in [1.54, 1.807) is 11.1 Å². The normalized spacial score (nSPS) is 18.8. The van der Waals surface area contributed by atoms with E-state index in [2.05, 4.69) is 32.8 Å². The summed E-state index contributed by atoms with van der Waals surface area (Å²) >= 11 is 0. The van der Waals surface area contributed by atoms with Crippen molar-refractivity contribution in [3.05, 3.63) is 23.5 Å². The van der Waals surface area contributed by atoms with Gasteiger partial charge in [-0.3, -0.25) is 4.79 Å². The zero-order valence-corrected chi connectivity index (χ0v) is 14.9. The number of amides is 1. The Morgan fingerprint density at radius 1 is 1.33 bits per heavy atom. The Bertz CT molecular complexity index is 751. The number of carbonyl (C=O) groups excluding carboxylic acids is 1. The summed E-state index contributed by atoms with van der Waals surface area (Å²) in [5.74, 6) is 0.190. The third-order valence-corrected chi connectivity index (χ3v) is 4.58. The molecule has 1 fully saturated rings. The summed E-state index contributed by atoms with van der Waals surface area (Å²) in [5, 5.41) is 15.1. The van der Waals surface area contributed by atoms with Crippen LogP contribution in [-0.2, 0) is 0 Å². The van der Waals surface area contributed by atoms with Gasteiger partial charge in [0.15, 0.2) is 5.65 Å². The summed E-state index contributed by atoms with van der Waals surface area (Å²) in [6, 6.07) is 2.07. The lowest BCUT2D eigenvalue weighted by molar-refractivity contribution is 0.0475.